The van der Waals surface area contributed by atoms with Gasteiger partial charge in [-0.05, 0) is 55.3 Å². The average Bonchev–Trinajstić information content (AvgIpc) is 2.79. The molecular formula is C25H20N4O2S. The first kappa shape index (κ1) is 21.3. The molecule has 0 bridgehead atoms. The van der Waals surface area contributed by atoms with Gasteiger partial charge in [-0.25, -0.2) is 4.98 Å². The second kappa shape index (κ2) is 9.08. The molecule has 0 fully saturated rings. The number of hydrogen-bond donors (Lipinski definition) is 1. The summed E-state index contributed by atoms with van der Waals surface area (Å²) in [4.78, 5) is 30.7. The fourth-order valence-corrected chi connectivity index (χ4v) is 4.36. The first-order valence-corrected chi connectivity index (χ1v) is 11.0. The van der Waals surface area contributed by atoms with Crippen LogP contribution in [-0.2, 0) is 4.79 Å². The highest BCUT2D eigenvalue weighted by molar-refractivity contribution is 7.99. The number of carbonyl (C=O) groups excluding carboxylic acids is 1. The number of rotatable bonds is 5. The van der Waals surface area contributed by atoms with Crippen LogP contribution in [0.1, 0.15) is 16.7 Å². The summed E-state index contributed by atoms with van der Waals surface area (Å²) in [6, 6.07) is 21.8. The molecule has 1 amide bonds. The number of fused-ring (bicyclic) bond motifs is 1. The predicted molar refractivity (Wildman–Crippen MR) is 127 cm³/mol. The number of nitrogens with zero attached hydrogens (tertiary/aromatic N) is 3. The third-order valence-corrected chi connectivity index (χ3v) is 5.95. The van der Waals surface area contributed by atoms with Crippen molar-refractivity contribution >= 4 is 34.3 Å². The van der Waals surface area contributed by atoms with Crippen LogP contribution in [0.4, 0.5) is 5.69 Å². The van der Waals surface area contributed by atoms with Crippen molar-refractivity contribution in [3.63, 3.8) is 0 Å². The second-order valence-electron chi connectivity index (χ2n) is 7.32. The van der Waals surface area contributed by atoms with E-state index in [1.54, 1.807) is 41.0 Å². The molecule has 4 rings (SSSR count). The number of nitrogens with one attached hydrogen (secondary N) is 1. The Balaban J connectivity index is 1.71. The van der Waals surface area contributed by atoms with Crippen molar-refractivity contribution in [1.82, 2.24) is 9.55 Å². The summed E-state index contributed by atoms with van der Waals surface area (Å²) in [5, 5.41) is 12.8. The van der Waals surface area contributed by atoms with Gasteiger partial charge in [-0.3, -0.25) is 14.2 Å². The van der Waals surface area contributed by atoms with E-state index < -0.39 is 0 Å². The lowest BCUT2D eigenvalue weighted by atomic mass is 10.1. The Labute approximate surface area is 189 Å². The van der Waals surface area contributed by atoms with E-state index in [0.717, 1.165) is 16.8 Å². The second-order valence-corrected chi connectivity index (χ2v) is 8.26. The van der Waals surface area contributed by atoms with Gasteiger partial charge in [0.2, 0.25) is 5.91 Å². The maximum atomic E-state index is 13.4. The molecule has 4 aromatic rings. The van der Waals surface area contributed by atoms with Crippen LogP contribution in [0.15, 0.2) is 76.7 Å². The highest BCUT2D eigenvalue weighted by Crippen LogP contribution is 2.25. The van der Waals surface area contributed by atoms with Gasteiger partial charge in [-0.2, -0.15) is 5.26 Å². The van der Waals surface area contributed by atoms with Gasteiger partial charge in [-0.15, -0.1) is 0 Å². The third kappa shape index (κ3) is 4.27. The molecule has 158 valence electrons. The van der Waals surface area contributed by atoms with Crippen LogP contribution in [0, 0.1) is 25.2 Å². The zero-order valence-corrected chi connectivity index (χ0v) is 18.4. The maximum Gasteiger partial charge on any atom is 0.266 e. The van der Waals surface area contributed by atoms with Gasteiger partial charge in [0.05, 0.1) is 34.0 Å². The summed E-state index contributed by atoms with van der Waals surface area (Å²) in [7, 11) is 0. The molecular weight excluding hydrogens is 420 g/mol. The van der Waals surface area contributed by atoms with Gasteiger partial charge in [0.25, 0.3) is 5.56 Å². The normalized spacial score (nSPS) is 10.7. The van der Waals surface area contributed by atoms with Crippen LogP contribution >= 0.6 is 11.8 Å². The zero-order valence-electron chi connectivity index (χ0n) is 17.6. The number of anilines is 1. The van der Waals surface area contributed by atoms with E-state index in [4.69, 9.17) is 10.2 Å². The van der Waals surface area contributed by atoms with Crippen LogP contribution in [0.5, 0.6) is 0 Å². The van der Waals surface area contributed by atoms with E-state index in [1.165, 1.54) is 11.8 Å². The minimum atomic E-state index is -0.249. The molecule has 3 aromatic carbocycles. The molecule has 32 heavy (non-hydrogen) atoms. The molecule has 0 atom stereocenters. The molecule has 0 aliphatic rings. The number of thioether (sulfide) groups is 1. The summed E-state index contributed by atoms with van der Waals surface area (Å²) in [5.74, 6) is -0.187. The van der Waals surface area contributed by atoms with E-state index in [2.05, 4.69) is 11.4 Å². The fourth-order valence-electron chi connectivity index (χ4n) is 3.56. The number of nitriles is 1. The van der Waals surface area contributed by atoms with Crippen molar-refractivity contribution in [3.05, 3.63) is 93.8 Å². The summed E-state index contributed by atoms with van der Waals surface area (Å²) >= 11 is 1.20. The molecule has 0 aliphatic heterocycles. The van der Waals surface area contributed by atoms with E-state index in [0.29, 0.717) is 27.3 Å². The molecule has 0 spiro atoms. The third-order valence-electron chi connectivity index (χ3n) is 5.02. The molecule has 0 radical (unpaired) electrons. The molecule has 0 saturated carbocycles. The molecule has 0 unspecified atom stereocenters. The van der Waals surface area contributed by atoms with E-state index >= 15 is 0 Å². The quantitative estimate of drug-likeness (QED) is 0.362. The first-order chi connectivity index (χ1) is 15.5. The van der Waals surface area contributed by atoms with Gasteiger partial charge < -0.3 is 5.32 Å². The Morgan fingerprint density at radius 2 is 1.78 bits per heavy atom. The van der Waals surface area contributed by atoms with Crippen molar-refractivity contribution in [2.45, 2.75) is 19.0 Å². The standard InChI is InChI=1S/C25H20N4O2S/c1-16-7-5-8-17(2)23(16)29-24(31)20-11-3-4-12-21(20)28-25(29)32-15-22(30)27-19-10-6-9-18(13-19)14-26/h3-13H,15H2,1-2H3,(H,27,30). The van der Waals surface area contributed by atoms with Crippen LogP contribution < -0.4 is 10.9 Å². The molecule has 0 aliphatic carbocycles. The summed E-state index contributed by atoms with van der Waals surface area (Å²) in [5.41, 5.74) is 4.11. The Morgan fingerprint density at radius 1 is 1.06 bits per heavy atom. The summed E-state index contributed by atoms with van der Waals surface area (Å²) < 4.78 is 1.60. The number of carbonyl (C=O) groups is 1. The van der Waals surface area contributed by atoms with Crippen molar-refractivity contribution in [1.29, 1.82) is 5.26 Å². The number of aromatic nitrogens is 2. The first-order valence-electron chi connectivity index (χ1n) is 9.99. The van der Waals surface area contributed by atoms with E-state index in [9.17, 15) is 9.59 Å². The minimum Gasteiger partial charge on any atom is -0.325 e. The highest BCUT2D eigenvalue weighted by atomic mass is 32.2. The smallest absolute Gasteiger partial charge is 0.266 e. The van der Waals surface area contributed by atoms with Crippen molar-refractivity contribution in [2.75, 3.05) is 11.1 Å². The van der Waals surface area contributed by atoms with Crippen LogP contribution in [0.25, 0.3) is 16.6 Å². The monoisotopic (exact) mass is 440 g/mol. The molecule has 6 nitrogen and oxygen atoms in total. The lowest BCUT2D eigenvalue weighted by Crippen LogP contribution is -2.24. The van der Waals surface area contributed by atoms with E-state index in [-0.39, 0.29) is 17.2 Å². The van der Waals surface area contributed by atoms with Crippen molar-refractivity contribution in [3.8, 4) is 11.8 Å². The molecule has 1 aromatic heterocycles. The van der Waals surface area contributed by atoms with Gasteiger partial charge in [0.1, 0.15) is 0 Å². The Kier molecular flexibility index (Phi) is 6.06. The Hall–Kier alpha value is -3.89. The predicted octanol–water partition coefficient (Wildman–Crippen LogP) is 4.61. The maximum absolute atomic E-state index is 13.4. The van der Waals surface area contributed by atoms with Crippen LogP contribution in [-0.4, -0.2) is 21.2 Å². The van der Waals surface area contributed by atoms with Gasteiger partial charge in [-0.1, -0.05) is 48.2 Å². The zero-order chi connectivity index (χ0) is 22.7. The highest BCUT2D eigenvalue weighted by Gasteiger charge is 2.17. The minimum absolute atomic E-state index is 0.0620. The van der Waals surface area contributed by atoms with Gasteiger partial charge in [0, 0.05) is 5.69 Å². The molecule has 1 N–H and O–H groups in total. The largest absolute Gasteiger partial charge is 0.325 e. The summed E-state index contributed by atoms with van der Waals surface area (Å²) in [6.45, 7) is 3.90. The molecule has 1 heterocycles. The number of aryl methyl sites for hydroxylation is 2. The topological polar surface area (TPSA) is 87.8 Å². The van der Waals surface area contributed by atoms with Crippen molar-refractivity contribution in [2.24, 2.45) is 0 Å². The number of benzene rings is 3. The van der Waals surface area contributed by atoms with Crippen LogP contribution in [0.3, 0.4) is 0 Å². The number of amides is 1. The van der Waals surface area contributed by atoms with E-state index in [1.807, 2.05) is 44.2 Å². The van der Waals surface area contributed by atoms with Crippen LogP contribution in [0.2, 0.25) is 0 Å². The average molecular weight is 441 g/mol. The van der Waals surface area contributed by atoms with Gasteiger partial charge in [0.15, 0.2) is 5.16 Å². The Morgan fingerprint density at radius 3 is 2.53 bits per heavy atom. The number of para-hydroxylation sites is 2. The lowest BCUT2D eigenvalue weighted by molar-refractivity contribution is -0.113. The molecule has 7 heteroatoms. The lowest BCUT2D eigenvalue weighted by Gasteiger charge is -2.17. The fraction of sp³-hybridized carbons (Fsp3) is 0.120. The number of hydrogen-bond acceptors (Lipinski definition) is 5. The van der Waals surface area contributed by atoms with Gasteiger partial charge >= 0.3 is 0 Å². The molecule has 0 saturated heterocycles. The Bertz CT molecular complexity index is 1420. The summed E-state index contributed by atoms with van der Waals surface area (Å²) in [6.07, 6.45) is 0. The SMILES string of the molecule is Cc1cccc(C)c1-n1c(SCC(=O)Nc2cccc(C#N)c2)nc2ccccc2c1=O. The van der Waals surface area contributed by atoms with Crippen molar-refractivity contribution < 1.29 is 4.79 Å².